The van der Waals surface area contributed by atoms with Crippen LogP contribution in [0.15, 0.2) is 30.3 Å². The summed E-state index contributed by atoms with van der Waals surface area (Å²) in [7, 11) is -2.26. The lowest BCUT2D eigenvalue weighted by Crippen LogP contribution is -1.94. The van der Waals surface area contributed by atoms with Gasteiger partial charge in [0.1, 0.15) is 0 Å². The van der Waals surface area contributed by atoms with E-state index < -0.39 is 8.60 Å². The van der Waals surface area contributed by atoms with Crippen molar-refractivity contribution in [2.75, 3.05) is 0 Å². The van der Waals surface area contributed by atoms with Gasteiger partial charge in [-0.2, -0.15) is 0 Å². The van der Waals surface area contributed by atoms with Gasteiger partial charge < -0.3 is 14.3 Å². The number of rotatable bonds is 3. The summed E-state index contributed by atoms with van der Waals surface area (Å²) in [4.78, 5) is 17.2. The van der Waals surface area contributed by atoms with Gasteiger partial charge in [0.25, 0.3) is 0 Å². The molecule has 0 heterocycles. The van der Waals surface area contributed by atoms with Crippen LogP contribution in [0.3, 0.4) is 0 Å². The van der Waals surface area contributed by atoms with Crippen molar-refractivity contribution < 1.29 is 14.3 Å². The summed E-state index contributed by atoms with van der Waals surface area (Å²) >= 11 is 0. The molecule has 0 unspecified atom stereocenters. The van der Waals surface area contributed by atoms with Gasteiger partial charge in [-0.1, -0.05) is 30.3 Å². The molecule has 3 nitrogen and oxygen atoms in total. The summed E-state index contributed by atoms with van der Waals surface area (Å²) in [6, 6.07) is 9.42. The van der Waals surface area contributed by atoms with E-state index in [4.69, 9.17) is 14.3 Å². The molecule has 4 heteroatoms. The van der Waals surface area contributed by atoms with Crippen LogP contribution in [-0.4, -0.2) is 9.79 Å². The molecule has 0 spiro atoms. The van der Waals surface area contributed by atoms with Crippen molar-refractivity contribution in [2.24, 2.45) is 0 Å². The summed E-state index contributed by atoms with van der Waals surface area (Å²) in [5.41, 5.74) is 0.938. The molecular weight excluding hydrogens is 175 g/mol. The van der Waals surface area contributed by atoms with E-state index in [0.717, 1.165) is 5.56 Å². The highest BCUT2D eigenvalue weighted by Gasteiger charge is 2.09. The van der Waals surface area contributed by atoms with Crippen molar-refractivity contribution in [3.05, 3.63) is 35.9 Å². The molecule has 1 aromatic rings. The van der Waals surface area contributed by atoms with Crippen LogP contribution in [0.5, 0.6) is 0 Å². The van der Waals surface area contributed by atoms with E-state index in [9.17, 15) is 0 Å². The van der Waals surface area contributed by atoms with E-state index in [1.165, 1.54) is 0 Å². The van der Waals surface area contributed by atoms with Gasteiger partial charge in [-0.05, 0) is 12.5 Å². The van der Waals surface area contributed by atoms with Crippen LogP contribution in [0.25, 0.3) is 0 Å². The summed E-state index contributed by atoms with van der Waals surface area (Å²) < 4.78 is 4.81. The zero-order valence-corrected chi connectivity index (χ0v) is 7.61. The third kappa shape index (κ3) is 2.88. The average Bonchev–Trinajstić information content (AvgIpc) is 2.05. The first kappa shape index (κ1) is 9.62. The van der Waals surface area contributed by atoms with Gasteiger partial charge in [-0.3, -0.25) is 0 Å². The first-order chi connectivity index (χ1) is 5.70. The highest BCUT2D eigenvalue weighted by Crippen LogP contribution is 2.33. The van der Waals surface area contributed by atoms with Gasteiger partial charge in [-0.25, -0.2) is 0 Å². The van der Waals surface area contributed by atoms with Crippen LogP contribution in [-0.2, 0) is 4.52 Å². The minimum atomic E-state index is -2.26. The third-order valence-corrected chi connectivity index (χ3v) is 2.03. The minimum Gasteiger partial charge on any atom is -0.328 e. The monoisotopic (exact) mass is 186 g/mol. The molecule has 1 aromatic carbocycles. The molecule has 12 heavy (non-hydrogen) atoms. The second kappa shape index (κ2) is 4.53. The second-order valence-electron chi connectivity index (χ2n) is 2.41. The normalized spacial score (nSPS) is 13.3. The van der Waals surface area contributed by atoms with Crippen LogP contribution in [0, 0.1) is 0 Å². The standard InChI is InChI=1S/C8H11O3P/c1-7(11-12(9)10)8-5-3-2-4-6-8/h2-7,9-10H,1H3/t7-/m1/s1. The molecule has 2 N–H and O–H groups in total. The molecule has 0 radical (unpaired) electrons. The minimum absolute atomic E-state index is 0.271. The van der Waals surface area contributed by atoms with Crippen molar-refractivity contribution >= 4 is 8.60 Å². The van der Waals surface area contributed by atoms with E-state index in [1.807, 2.05) is 30.3 Å². The van der Waals surface area contributed by atoms with Crippen molar-refractivity contribution in [3.8, 4) is 0 Å². The SMILES string of the molecule is C[C@@H](OP(O)O)c1ccccc1. The molecule has 0 aliphatic heterocycles. The fourth-order valence-electron chi connectivity index (χ4n) is 0.926. The zero-order chi connectivity index (χ0) is 8.97. The van der Waals surface area contributed by atoms with Gasteiger partial charge in [-0.15, -0.1) is 0 Å². The molecule has 1 rings (SSSR count). The van der Waals surface area contributed by atoms with Gasteiger partial charge in [0.15, 0.2) is 0 Å². The Hall–Kier alpha value is -0.470. The molecule has 0 saturated heterocycles. The van der Waals surface area contributed by atoms with Crippen LogP contribution in [0.2, 0.25) is 0 Å². The summed E-state index contributed by atoms with van der Waals surface area (Å²) in [5, 5.41) is 0. The Bertz CT molecular complexity index is 225. The fraction of sp³-hybridized carbons (Fsp3) is 0.250. The van der Waals surface area contributed by atoms with Crippen LogP contribution >= 0.6 is 8.60 Å². The van der Waals surface area contributed by atoms with Crippen LogP contribution < -0.4 is 0 Å². The molecule has 1 atom stereocenters. The lowest BCUT2D eigenvalue weighted by atomic mass is 10.1. The molecule has 0 aliphatic rings. The molecule has 0 aliphatic carbocycles. The van der Waals surface area contributed by atoms with Crippen molar-refractivity contribution in [3.63, 3.8) is 0 Å². The smallest absolute Gasteiger partial charge is 0.327 e. The lowest BCUT2D eigenvalue weighted by molar-refractivity contribution is 0.189. The molecular formula is C8H11O3P. The van der Waals surface area contributed by atoms with Crippen LogP contribution in [0.4, 0.5) is 0 Å². The van der Waals surface area contributed by atoms with E-state index in [1.54, 1.807) is 6.92 Å². The maximum Gasteiger partial charge on any atom is 0.327 e. The summed E-state index contributed by atoms with van der Waals surface area (Å²) in [5.74, 6) is 0. The average molecular weight is 186 g/mol. The molecule has 66 valence electrons. The van der Waals surface area contributed by atoms with E-state index in [-0.39, 0.29) is 6.10 Å². The molecule has 0 bridgehead atoms. The first-order valence-electron chi connectivity index (χ1n) is 3.59. The van der Waals surface area contributed by atoms with E-state index >= 15 is 0 Å². The molecule has 0 amide bonds. The highest BCUT2D eigenvalue weighted by atomic mass is 31.2. The molecule has 0 aromatic heterocycles. The number of benzene rings is 1. The maximum absolute atomic E-state index is 8.58. The van der Waals surface area contributed by atoms with Gasteiger partial charge in [0.05, 0.1) is 6.10 Å². The predicted molar refractivity (Wildman–Crippen MR) is 47.3 cm³/mol. The van der Waals surface area contributed by atoms with E-state index in [0.29, 0.717) is 0 Å². The number of hydrogen-bond acceptors (Lipinski definition) is 3. The largest absolute Gasteiger partial charge is 0.328 e. The quantitative estimate of drug-likeness (QED) is 0.709. The Morgan fingerprint density at radius 3 is 2.33 bits per heavy atom. The van der Waals surface area contributed by atoms with Crippen molar-refractivity contribution in [1.29, 1.82) is 0 Å². The Morgan fingerprint density at radius 1 is 1.25 bits per heavy atom. The van der Waals surface area contributed by atoms with E-state index in [2.05, 4.69) is 0 Å². The van der Waals surface area contributed by atoms with Gasteiger partial charge in [0, 0.05) is 0 Å². The van der Waals surface area contributed by atoms with Crippen LogP contribution in [0.1, 0.15) is 18.6 Å². The Labute approximate surface area is 72.6 Å². The van der Waals surface area contributed by atoms with Crippen molar-refractivity contribution in [1.82, 2.24) is 0 Å². The highest BCUT2D eigenvalue weighted by molar-refractivity contribution is 7.39. The van der Waals surface area contributed by atoms with Gasteiger partial charge >= 0.3 is 8.60 Å². The molecule has 0 saturated carbocycles. The summed E-state index contributed by atoms with van der Waals surface area (Å²) in [6.45, 7) is 1.77. The fourth-order valence-corrected chi connectivity index (χ4v) is 1.33. The first-order valence-corrected chi connectivity index (χ1v) is 4.76. The number of hydrogen-bond donors (Lipinski definition) is 2. The zero-order valence-electron chi connectivity index (χ0n) is 6.71. The van der Waals surface area contributed by atoms with Gasteiger partial charge in [0.2, 0.25) is 0 Å². The summed E-state index contributed by atoms with van der Waals surface area (Å²) in [6.07, 6.45) is -0.271. The third-order valence-electron chi connectivity index (χ3n) is 1.52. The predicted octanol–water partition coefficient (Wildman–Crippen LogP) is 1.98. The Kier molecular flexibility index (Phi) is 3.63. The second-order valence-corrected chi connectivity index (χ2v) is 3.13. The van der Waals surface area contributed by atoms with Crippen molar-refractivity contribution in [2.45, 2.75) is 13.0 Å². The maximum atomic E-state index is 8.58. The Morgan fingerprint density at radius 2 is 1.83 bits per heavy atom. The topological polar surface area (TPSA) is 49.7 Å². The lowest BCUT2D eigenvalue weighted by Gasteiger charge is -2.12. The molecule has 0 fully saturated rings. The Balaban J connectivity index is 2.59.